The highest BCUT2D eigenvalue weighted by atomic mass is 16.5. The SMILES string of the molecule is C=C(OC)C1CC1CC. The lowest BCUT2D eigenvalue weighted by Gasteiger charge is -2.00. The van der Waals surface area contributed by atoms with Crippen LogP contribution < -0.4 is 0 Å². The fraction of sp³-hybridized carbons (Fsp3) is 0.750. The van der Waals surface area contributed by atoms with E-state index in [2.05, 4.69) is 13.5 Å². The van der Waals surface area contributed by atoms with Crippen LogP contribution in [0.1, 0.15) is 19.8 Å². The van der Waals surface area contributed by atoms with Gasteiger partial charge in [-0.2, -0.15) is 0 Å². The van der Waals surface area contributed by atoms with Crippen molar-refractivity contribution in [1.29, 1.82) is 0 Å². The molecule has 0 N–H and O–H groups in total. The minimum absolute atomic E-state index is 0.681. The fourth-order valence-corrected chi connectivity index (χ4v) is 1.24. The van der Waals surface area contributed by atoms with Crippen molar-refractivity contribution in [3.63, 3.8) is 0 Å². The van der Waals surface area contributed by atoms with E-state index in [0.717, 1.165) is 11.7 Å². The van der Waals surface area contributed by atoms with Gasteiger partial charge in [0.1, 0.15) is 0 Å². The highest BCUT2D eigenvalue weighted by molar-refractivity contribution is 5.04. The summed E-state index contributed by atoms with van der Waals surface area (Å²) in [6.45, 7) is 6.03. The van der Waals surface area contributed by atoms with E-state index in [1.54, 1.807) is 7.11 Å². The predicted molar refractivity (Wildman–Crippen MR) is 38.0 cm³/mol. The van der Waals surface area contributed by atoms with E-state index >= 15 is 0 Å². The summed E-state index contributed by atoms with van der Waals surface area (Å²) in [7, 11) is 1.70. The molecule has 0 bridgehead atoms. The molecule has 0 amide bonds. The van der Waals surface area contributed by atoms with Gasteiger partial charge < -0.3 is 4.74 Å². The van der Waals surface area contributed by atoms with Crippen LogP contribution >= 0.6 is 0 Å². The van der Waals surface area contributed by atoms with Crippen LogP contribution in [0.25, 0.3) is 0 Å². The first kappa shape index (κ1) is 6.66. The lowest BCUT2D eigenvalue weighted by atomic mass is 10.2. The third-order valence-corrected chi connectivity index (χ3v) is 2.12. The zero-order chi connectivity index (χ0) is 6.85. The molecule has 0 radical (unpaired) electrons. The van der Waals surface area contributed by atoms with Gasteiger partial charge in [-0.25, -0.2) is 0 Å². The molecule has 1 aliphatic carbocycles. The van der Waals surface area contributed by atoms with E-state index in [4.69, 9.17) is 4.74 Å². The number of methoxy groups -OCH3 is 1. The number of hydrogen-bond acceptors (Lipinski definition) is 1. The van der Waals surface area contributed by atoms with Gasteiger partial charge in [0.25, 0.3) is 0 Å². The third kappa shape index (κ3) is 1.26. The van der Waals surface area contributed by atoms with E-state index in [1.807, 2.05) is 0 Å². The summed E-state index contributed by atoms with van der Waals surface area (Å²) >= 11 is 0. The molecular weight excluding hydrogens is 112 g/mol. The normalized spacial score (nSPS) is 31.8. The predicted octanol–water partition coefficient (Wildman–Crippen LogP) is 2.19. The maximum atomic E-state index is 5.01. The smallest absolute Gasteiger partial charge is 0.0917 e. The summed E-state index contributed by atoms with van der Waals surface area (Å²) in [4.78, 5) is 0. The van der Waals surface area contributed by atoms with Crippen molar-refractivity contribution >= 4 is 0 Å². The van der Waals surface area contributed by atoms with Crippen molar-refractivity contribution in [3.05, 3.63) is 12.3 Å². The first-order chi connectivity index (χ1) is 4.29. The Labute approximate surface area is 56.7 Å². The lowest BCUT2D eigenvalue weighted by Crippen LogP contribution is -1.88. The van der Waals surface area contributed by atoms with Crippen LogP contribution in [-0.4, -0.2) is 7.11 Å². The summed E-state index contributed by atoms with van der Waals surface area (Å²) < 4.78 is 5.01. The van der Waals surface area contributed by atoms with Crippen molar-refractivity contribution < 1.29 is 4.74 Å². The first-order valence-corrected chi connectivity index (χ1v) is 3.52. The van der Waals surface area contributed by atoms with Crippen LogP contribution in [-0.2, 0) is 4.74 Å². The highest BCUT2D eigenvalue weighted by Gasteiger charge is 2.38. The Balaban J connectivity index is 2.25. The molecule has 0 aromatic heterocycles. The van der Waals surface area contributed by atoms with Crippen LogP contribution in [0, 0.1) is 11.8 Å². The highest BCUT2D eigenvalue weighted by Crippen LogP contribution is 2.45. The molecular formula is C8H14O. The van der Waals surface area contributed by atoms with Gasteiger partial charge in [-0.1, -0.05) is 19.9 Å². The van der Waals surface area contributed by atoms with Gasteiger partial charge in [0.05, 0.1) is 12.9 Å². The second-order valence-electron chi connectivity index (χ2n) is 2.68. The molecule has 0 aromatic rings. The Morgan fingerprint density at radius 1 is 1.78 bits per heavy atom. The van der Waals surface area contributed by atoms with Crippen LogP contribution in [0.3, 0.4) is 0 Å². The Morgan fingerprint density at radius 2 is 2.44 bits per heavy atom. The molecule has 0 aliphatic heterocycles. The quantitative estimate of drug-likeness (QED) is 0.527. The Morgan fingerprint density at radius 3 is 2.78 bits per heavy atom. The molecule has 0 saturated heterocycles. The second kappa shape index (κ2) is 2.42. The fourth-order valence-electron chi connectivity index (χ4n) is 1.24. The molecule has 1 rings (SSSR count). The molecule has 0 spiro atoms. The molecule has 1 aliphatic rings. The van der Waals surface area contributed by atoms with Crippen molar-refractivity contribution in [2.45, 2.75) is 19.8 Å². The van der Waals surface area contributed by atoms with Gasteiger partial charge in [0.2, 0.25) is 0 Å². The lowest BCUT2D eigenvalue weighted by molar-refractivity contribution is 0.267. The zero-order valence-corrected chi connectivity index (χ0v) is 6.18. The van der Waals surface area contributed by atoms with Gasteiger partial charge in [-0.15, -0.1) is 0 Å². The number of hydrogen-bond donors (Lipinski definition) is 0. The average molecular weight is 126 g/mol. The van der Waals surface area contributed by atoms with E-state index in [-0.39, 0.29) is 0 Å². The van der Waals surface area contributed by atoms with Crippen molar-refractivity contribution in [1.82, 2.24) is 0 Å². The molecule has 2 unspecified atom stereocenters. The van der Waals surface area contributed by atoms with E-state index in [1.165, 1.54) is 12.8 Å². The number of rotatable bonds is 3. The average Bonchev–Trinajstić information content (AvgIpc) is 2.64. The molecule has 52 valence electrons. The Kier molecular flexibility index (Phi) is 1.79. The second-order valence-corrected chi connectivity index (χ2v) is 2.68. The molecule has 0 heterocycles. The molecule has 1 nitrogen and oxygen atoms in total. The first-order valence-electron chi connectivity index (χ1n) is 3.52. The van der Waals surface area contributed by atoms with Crippen molar-refractivity contribution in [2.24, 2.45) is 11.8 Å². The van der Waals surface area contributed by atoms with Gasteiger partial charge in [-0.3, -0.25) is 0 Å². The van der Waals surface area contributed by atoms with Crippen LogP contribution in [0.4, 0.5) is 0 Å². The van der Waals surface area contributed by atoms with Crippen LogP contribution in [0.15, 0.2) is 12.3 Å². The van der Waals surface area contributed by atoms with Gasteiger partial charge in [0, 0.05) is 5.92 Å². The summed E-state index contributed by atoms with van der Waals surface area (Å²) in [6.07, 6.45) is 2.57. The van der Waals surface area contributed by atoms with E-state index in [0.29, 0.717) is 5.92 Å². The molecule has 0 aromatic carbocycles. The van der Waals surface area contributed by atoms with Gasteiger partial charge in [-0.05, 0) is 12.3 Å². The summed E-state index contributed by atoms with van der Waals surface area (Å²) in [5.74, 6) is 2.53. The largest absolute Gasteiger partial charge is 0.501 e. The van der Waals surface area contributed by atoms with Gasteiger partial charge >= 0.3 is 0 Å². The maximum absolute atomic E-state index is 5.01. The number of ether oxygens (including phenoxy) is 1. The molecule has 2 atom stereocenters. The summed E-state index contributed by atoms with van der Waals surface area (Å²) in [5.41, 5.74) is 0. The van der Waals surface area contributed by atoms with Crippen molar-refractivity contribution in [2.75, 3.05) is 7.11 Å². The minimum Gasteiger partial charge on any atom is -0.501 e. The molecule has 1 heteroatoms. The monoisotopic (exact) mass is 126 g/mol. The number of allylic oxidation sites excluding steroid dienone is 1. The van der Waals surface area contributed by atoms with Crippen LogP contribution in [0.2, 0.25) is 0 Å². The Bertz CT molecular complexity index is 118. The Hall–Kier alpha value is -0.460. The van der Waals surface area contributed by atoms with Gasteiger partial charge in [0.15, 0.2) is 0 Å². The third-order valence-electron chi connectivity index (χ3n) is 2.12. The van der Waals surface area contributed by atoms with Crippen molar-refractivity contribution in [3.8, 4) is 0 Å². The molecule has 9 heavy (non-hydrogen) atoms. The van der Waals surface area contributed by atoms with E-state index in [9.17, 15) is 0 Å². The van der Waals surface area contributed by atoms with E-state index < -0.39 is 0 Å². The topological polar surface area (TPSA) is 9.23 Å². The van der Waals surface area contributed by atoms with Crippen LogP contribution in [0.5, 0.6) is 0 Å². The summed E-state index contributed by atoms with van der Waals surface area (Å²) in [5, 5.41) is 0. The maximum Gasteiger partial charge on any atom is 0.0917 e. The molecule has 1 saturated carbocycles. The zero-order valence-electron chi connectivity index (χ0n) is 6.18. The minimum atomic E-state index is 0.681. The summed E-state index contributed by atoms with van der Waals surface area (Å²) in [6, 6.07) is 0. The molecule has 1 fully saturated rings. The standard InChI is InChI=1S/C8H14O/c1-4-7-5-8(7)6(2)9-3/h7-8H,2,4-5H2,1,3H3.